The SMILES string of the molecule is CCCC(C)OCCCC(C)(NC)C(=O)OCC. The van der Waals surface area contributed by atoms with Gasteiger partial charge in [-0.1, -0.05) is 13.3 Å². The van der Waals surface area contributed by atoms with Crippen LogP contribution < -0.4 is 5.32 Å². The van der Waals surface area contributed by atoms with E-state index in [1.807, 2.05) is 13.8 Å². The van der Waals surface area contributed by atoms with E-state index < -0.39 is 5.54 Å². The molecule has 0 aromatic rings. The van der Waals surface area contributed by atoms with Crippen LogP contribution in [-0.2, 0) is 14.3 Å². The number of rotatable bonds is 10. The number of nitrogens with one attached hydrogen (secondary N) is 1. The summed E-state index contributed by atoms with van der Waals surface area (Å²) in [5.74, 6) is -0.186. The molecule has 0 spiro atoms. The van der Waals surface area contributed by atoms with Gasteiger partial charge in [0.1, 0.15) is 5.54 Å². The fourth-order valence-corrected chi connectivity index (χ4v) is 1.82. The van der Waals surface area contributed by atoms with Gasteiger partial charge in [-0.05, 0) is 47.1 Å². The van der Waals surface area contributed by atoms with E-state index in [1.165, 1.54) is 0 Å². The van der Waals surface area contributed by atoms with Gasteiger partial charge in [0.2, 0.25) is 0 Å². The van der Waals surface area contributed by atoms with Crippen molar-refractivity contribution in [3.8, 4) is 0 Å². The first-order valence-electron chi connectivity index (χ1n) is 6.97. The molecule has 0 aliphatic rings. The molecule has 0 saturated heterocycles. The maximum atomic E-state index is 11.8. The summed E-state index contributed by atoms with van der Waals surface area (Å²) >= 11 is 0. The van der Waals surface area contributed by atoms with Crippen molar-refractivity contribution in [2.24, 2.45) is 0 Å². The summed E-state index contributed by atoms with van der Waals surface area (Å²) in [6.07, 6.45) is 4.10. The van der Waals surface area contributed by atoms with Gasteiger partial charge >= 0.3 is 5.97 Å². The number of likely N-dealkylation sites (N-methyl/N-ethyl adjacent to an activating group) is 1. The van der Waals surface area contributed by atoms with Gasteiger partial charge in [0, 0.05) is 6.61 Å². The molecule has 4 nitrogen and oxygen atoms in total. The van der Waals surface area contributed by atoms with Crippen LogP contribution in [0.4, 0.5) is 0 Å². The second-order valence-corrected chi connectivity index (χ2v) is 4.88. The highest BCUT2D eigenvalue weighted by molar-refractivity contribution is 5.80. The van der Waals surface area contributed by atoms with Crippen molar-refractivity contribution in [2.75, 3.05) is 20.3 Å². The summed E-state index contributed by atoms with van der Waals surface area (Å²) in [5, 5.41) is 3.05. The Balaban J connectivity index is 3.96. The molecule has 1 N–H and O–H groups in total. The zero-order chi connectivity index (χ0) is 14.0. The summed E-state index contributed by atoms with van der Waals surface area (Å²) in [4.78, 5) is 11.8. The Kier molecular flexibility index (Phi) is 9.02. The molecule has 0 amide bonds. The summed E-state index contributed by atoms with van der Waals surface area (Å²) in [7, 11) is 1.79. The van der Waals surface area contributed by atoms with E-state index in [2.05, 4.69) is 19.2 Å². The molecule has 0 saturated carbocycles. The van der Waals surface area contributed by atoms with Crippen LogP contribution in [0.5, 0.6) is 0 Å². The molecule has 18 heavy (non-hydrogen) atoms. The van der Waals surface area contributed by atoms with Crippen LogP contribution in [0.15, 0.2) is 0 Å². The van der Waals surface area contributed by atoms with E-state index in [0.29, 0.717) is 19.3 Å². The van der Waals surface area contributed by atoms with E-state index in [-0.39, 0.29) is 5.97 Å². The molecule has 0 fully saturated rings. The van der Waals surface area contributed by atoms with Gasteiger partial charge in [0.15, 0.2) is 0 Å². The number of hydrogen-bond donors (Lipinski definition) is 1. The van der Waals surface area contributed by atoms with E-state index in [0.717, 1.165) is 25.7 Å². The fourth-order valence-electron chi connectivity index (χ4n) is 1.82. The Morgan fingerprint density at radius 2 is 2.06 bits per heavy atom. The molecule has 0 radical (unpaired) electrons. The molecule has 0 rings (SSSR count). The molecule has 0 bridgehead atoms. The van der Waals surface area contributed by atoms with Crippen molar-refractivity contribution < 1.29 is 14.3 Å². The van der Waals surface area contributed by atoms with Crippen molar-refractivity contribution in [1.29, 1.82) is 0 Å². The highest BCUT2D eigenvalue weighted by Crippen LogP contribution is 2.15. The third kappa shape index (κ3) is 6.36. The Hall–Kier alpha value is -0.610. The number of carbonyl (C=O) groups is 1. The zero-order valence-corrected chi connectivity index (χ0v) is 12.5. The first kappa shape index (κ1) is 17.4. The van der Waals surface area contributed by atoms with Crippen molar-refractivity contribution in [2.45, 2.75) is 65.0 Å². The largest absolute Gasteiger partial charge is 0.465 e. The maximum absolute atomic E-state index is 11.8. The van der Waals surface area contributed by atoms with Gasteiger partial charge in [-0.2, -0.15) is 0 Å². The molecule has 2 unspecified atom stereocenters. The second-order valence-electron chi connectivity index (χ2n) is 4.88. The van der Waals surface area contributed by atoms with Crippen molar-refractivity contribution in [3.05, 3.63) is 0 Å². The highest BCUT2D eigenvalue weighted by Gasteiger charge is 2.32. The Bertz CT molecular complexity index is 233. The molecular weight excluding hydrogens is 230 g/mol. The van der Waals surface area contributed by atoms with E-state index in [9.17, 15) is 4.79 Å². The Morgan fingerprint density at radius 3 is 2.56 bits per heavy atom. The normalized spacial score (nSPS) is 16.1. The molecule has 108 valence electrons. The first-order chi connectivity index (χ1) is 8.50. The van der Waals surface area contributed by atoms with E-state index in [1.54, 1.807) is 7.05 Å². The van der Waals surface area contributed by atoms with E-state index >= 15 is 0 Å². The quantitative estimate of drug-likeness (QED) is 0.484. The van der Waals surface area contributed by atoms with Crippen LogP contribution >= 0.6 is 0 Å². The lowest BCUT2D eigenvalue weighted by molar-refractivity contribution is -0.150. The summed E-state index contributed by atoms with van der Waals surface area (Å²) < 4.78 is 10.8. The Labute approximate surface area is 111 Å². The molecule has 0 heterocycles. The van der Waals surface area contributed by atoms with E-state index in [4.69, 9.17) is 9.47 Å². The molecule has 0 aliphatic carbocycles. The second kappa shape index (κ2) is 9.34. The molecule has 0 aliphatic heterocycles. The highest BCUT2D eigenvalue weighted by atomic mass is 16.5. The standard InChI is InChI=1S/C14H29NO3/c1-6-9-12(3)18-11-8-10-14(4,15-5)13(16)17-7-2/h12,15H,6-11H2,1-5H3. The average Bonchev–Trinajstić information content (AvgIpc) is 2.35. The molecule has 0 aromatic carbocycles. The van der Waals surface area contributed by atoms with Gasteiger partial charge in [-0.25, -0.2) is 0 Å². The number of ether oxygens (including phenoxy) is 2. The molecule has 4 heteroatoms. The summed E-state index contributed by atoms with van der Waals surface area (Å²) in [6.45, 7) is 9.05. The first-order valence-corrected chi connectivity index (χ1v) is 6.97. The lowest BCUT2D eigenvalue weighted by Crippen LogP contribution is -2.48. The smallest absolute Gasteiger partial charge is 0.326 e. The van der Waals surface area contributed by atoms with Gasteiger partial charge < -0.3 is 14.8 Å². The number of hydrogen-bond acceptors (Lipinski definition) is 4. The van der Waals surface area contributed by atoms with Crippen LogP contribution in [0.2, 0.25) is 0 Å². The van der Waals surface area contributed by atoms with Gasteiger partial charge in [-0.3, -0.25) is 4.79 Å². The topological polar surface area (TPSA) is 47.6 Å². The molecule has 2 atom stereocenters. The van der Waals surface area contributed by atoms with Crippen molar-refractivity contribution in [3.63, 3.8) is 0 Å². The third-order valence-electron chi connectivity index (χ3n) is 3.20. The van der Waals surface area contributed by atoms with Crippen LogP contribution in [0, 0.1) is 0 Å². The minimum absolute atomic E-state index is 0.186. The lowest BCUT2D eigenvalue weighted by atomic mass is 9.96. The monoisotopic (exact) mass is 259 g/mol. The number of esters is 1. The van der Waals surface area contributed by atoms with Crippen LogP contribution in [0.1, 0.15) is 53.4 Å². The van der Waals surface area contributed by atoms with Gasteiger partial charge in [0.05, 0.1) is 12.7 Å². The summed E-state index contributed by atoms with van der Waals surface area (Å²) in [6, 6.07) is 0. The minimum Gasteiger partial charge on any atom is -0.465 e. The molecular formula is C14H29NO3. The Morgan fingerprint density at radius 1 is 1.39 bits per heavy atom. The zero-order valence-electron chi connectivity index (χ0n) is 12.5. The predicted octanol–water partition coefficient (Wildman–Crippen LogP) is 2.51. The molecule has 0 aromatic heterocycles. The minimum atomic E-state index is -0.604. The lowest BCUT2D eigenvalue weighted by Gasteiger charge is -2.26. The maximum Gasteiger partial charge on any atom is 0.326 e. The predicted molar refractivity (Wildman–Crippen MR) is 73.7 cm³/mol. The van der Waals surface area contributed by atoms with Gasteiger partial charge in [-0.15, -0.1) is 0 Å². The van der Waals surface area contributed by atoms with Gasteiger partial charge in [0.25, 0.3) is 0 Å². The van der Waals surface area contributed by atoms with Crippen LogP contribution in [0.3, 0.4) is 0 Å². The van der Waals surface area contributed by atoms with Crippen molar-refractivity contribution >= 4 is 5.97 Å². The van der Waals surface area contributed by atoms with Crippen LogP contribution in [0.25, 0.3) is 0 Å². The fraction of sp³-hybridized carbons (Fsp3) is 0.929. The summed E-state index contributed by atoms with van der Waals surface area (Å²) in [5.41, 5.74) is -0.604. The average molecular weight is 259 g/mol. The number of carbonyl (C=O) groups excluding carboxylic acids is 1. The third-order valence-corrected chi connectivity index (χ3v) is 3.20. The van der Waals surface area contributed by atoms with Crippen LogP contribution in [-0.4, -0.2) is 37.9 Å². The van der Waals surface area contributed by atoms with Crippen molar-refractivity contribution in [1.82, 2.24) is 5.32 Å².